The summed E-state index contributed by atoms with van der Waals surface area (Å²) < 4.78 is 0. The van der Waals surface area contributed by atoms with E-state index in [0.717, 1.165) is 12.8 Å². The third-order valence-corrected chi connectivity index (χ3v) is 4.36. The van der Waals surface area contributed by atoms with Crippen LogP contribution in [-0.4, -0.2) is 27.5 Å². The largest absolute Gasteiger partial charge is 0.480 e. The lowest BCUT2D eigenvalue weighted by molar-refractivity contribution is -0.137. The van der Waals surface area contributed by atoms with Crippen LogP contribution in [0.2, 0.25) is 0 Å². The van der Waals surface area contributed by atoms with Crippen molar-refractivity contribution < 1.29 is 14.7 Å². The standard InChI is InChI=1S/C11H21NO3S/c1-4-6-7(3)9(11(14)15)16-8(5-2)10(12)13/h7-9H,4-6H2,1-3H3,(H2,12,13)(H,14,15). The summed E-state index contributed by atoms with van der Waals surface area (Å²) in [7, 11) is 0. The molecule has 0 aromatic carbocycles. The van der Waals surface area contributed by atoms with E-state index in [1.807, 2.05) is 20.8 Å². The first-order chi connectivity index (χ1) is 7.43. The number of nitrogens with two attached hydrogens (primary N) is 1. The molecule has 0 rings (SSSR count). The molecule has 3 atom stereocenters. The average molecular weight is 247 g/mol. The summed E-state index contributed by atoms with van der Waals surface area (Å²) in [5.41, 5.74) is 5.22. The first-order valence-corrected chi connectivity index (χ1v) is 6.55. The number of thioether (sulfide) groups is 1. The van der Waals surface area contributed by atoms with Crippen molar-refractivity contribution in [2.45, 2.75) is 50.5 Å². The Labute approximate surface area is 101 Å². The highest BCUT2D eigenvalue weighted by Crippen LogP contribution is 2.28. The van der Waals surface area contributed by atoms with Crippen molar-refractivity contribution in [3.63, 3.8) is 0 Å². The Bertz CT molecular complexity index is 245. The molecule has 4 nitrogen and oxygen atoms in total. The molecule has 0 heterocycles. The van der Waals surface area contributed by atoms with E-state index in [4.69, 9.17) is 10.8 Å². The highest BCUT2D eigenvalue weighted by atomic mass is 32.2. The Morgan fingerprint density at radius 1 is 1.38 bits per heavy atom. The van der Waals surface area contributed by atoms with Gasteiger partial charge in [-0.05, 0) is 18.8 Å². The number of primary amides is 1. The van der Waals surface area contributed by atoms with Crippen LogP contribution >= 0.6 is 11.8 Å². The maximum atomic E-state index is 11.1. The van der Waals surface area contributed by atoms with Crippen molar-refractivity contribution in [3.05, 3.63) is 0 Å². The monoisotopic (exact) mass is 247 g/mol. The van der Waals surface area contributed by atoms with Gasteiger partial charge in [-0.2, -0.15) is 0 Å². The van der Waals surface area contributed by atoms with Gasteiger partial charge in [-0.3, -0.25) is 9.59 Å². The molecule has 3 N–H and O–H groups in total. The molecular formula is C11H21NO3S. The number of rotatable bonds is 8. The third kappa shape index (κ3) is 4.88. The minimum absolute atomic E-state index is 0.0564. The average Bonchev–Trinajstić information content (AvgIpc) is 2.18. The number of carbonyl (C=O) groups is 2. The predicted octanol–water partition coefficient (Wildman–Crippen LogP) is 1.87. The SMILES string of the molecule is CCCC(C)C(SC(CC)C(N)=O)C(=O)O. The van der Waals surface area contributed by atoms with Crippen LogP contribution in [0.4, 0.5) is 0 Å². The van der Waals surface area contributed by atoms with Gasteiger partial charge in [-0.15, -0.1) is 11.8 Å². The van der Waals surface area contributed by atoms with Gasteiger partial charge in [0.15, 0.2) is 0 Å². The molecule has 0 saturated carbocycles. The Kier molecular flexibility index (Phi) is 7.21. The molecule has 0 aliphatic carbocycles. The van der Waals surface area contributed by atoms with E-state index in [1.165, 1.54) is 11.8 Å². The van der Waals surface area contributed by atoms with E-state index in [9.17, 15) is 9.59 Å². The van der Waals surface area contributed by atoms with Crippen molar-refractivity contribution in [2.24, 2.45) is 11.7 Å². The molecule has 0 fully saturated rings. The Hall–Kier alpha value is -0.710. The Balaban J connectivity index is 4.54. The highest BCUT2D eigenvalue weighted by molar-refractivity contribution is 8.01. The van der Waals surface area contributed by atoms with Gasteiger partial charge in [0, 0.05) is 0 Å². The van der Waals surface area contributed by atoms with E-state index in [1.54, 1.807) is 0 Å². The fraction of sp³-hybridized carbons (Fsp3) is 0.818. The van der Waals surface area contributed by atoms with Crippen LogP contribution in [0.25, 0.3) is 0 Å². The van der Waals surface area contributed by atoms with Gasteiger partial charge >= 0.3 is 5.97 Å². The number of amides is 1. The molecule has 0 bridgehead atoms. The van der Waals surface area contributed by atoms with Crippen molar-refractivity contribution in [3.8, 4) is 0 Å². The molecule has 5 heteroatoms. The van der Waals surface area contributed by atoms with Gasteiger partial charge in [0.05, 0.1) is 5.25 Å². The molecule has 0 spiro atoms. The lowest BCUT2D eigenvalue weighted by Gasteiger charge is -2.22. The van der Waals surface area contributed by atoms with Crippen molar-refractivity contribution in [1.29, 1.82) is 0 Å². The highest BCUT2D eigenvalue weighted by Gasteiger charge is 2.29. The predicted molar refractivity (Wildman–Crippen MR) is 66.4 cm³/mol. The van der Waals surface area contributed by atoms with E-state index >= 15 is 0 Å². The summed E-state index contributed by atoms with van der Waals surface area (Å²) in [4.78, 5) is 22.2. The molecule has 0 aliphatic rings. The molecule has 0 radical (unpaired) electrons. The number of carboxylic acids is 1. The maximum Gasteiger partial charge on any atom is 0.316 e. The molecule has 0 aromatic heterocycles. The minimum atomic E-state index is -0.856. The number of aliphatic carboxylic acids is 1. The van der Waals surface area contributed by atoms with Gasteiger partial charge < -0.3 is 10.8 Å². The molecule has 3 unspecified atom stereocenters. The van der Waals surface area contributed by atoms with Crippen molar-refractivity contribution in [2.75, 3.05) is 0 Å². The molecule has 16 heavy (non-hydrogen) atoms. The smallest absolute Gasteiger partial charge is 0.316 e. The second-order valence-corrected chi connectivity index (χ2v) is 5.31. The second-order valence-electron chi connectivity index (χ2n) is 3.96. The van der Waals surface area contributed by atoms with Crippen molar-refractivity contribution >= 4 is 23.6 Å². The van der Waals surface area contributed by atoms with Crippen LogP contribution in [0.15, 0.2) is 0 Å². The first kappa shape index (κ1) is 15.3. The van der Waals surface area contributed by atoms with Crippen LogP contribution in [0, 0.1) is 5.92 Å². The minimum Gasteiger partial charge on any atom is -0.480 e. The van der Waals surface area contributed by atoms with Gasteiger partial charge in [0.25, 0.3) is 0 Å². The topological polar surface area (TPSA) is 80.4 Å². The van der Waals surface area contributed by atoms with Gasteiger partial charge in [0.2, 0.25) is 5.91 Å². The van der Waals surface area contributed by atoms with E-state index in [0.29, 0.717) is 6.42 Å². The summed E-state index contributed by atoms with van der Waals surface area (Å²) >= 11 is 1.18. The number of hydrogen-bond acceptors (Lipinski definition) is 3. The number of carbonyl (C=O) groups excluding carboxylic acids is 1. The molecule has 94 valence electrons. The zero-order valence-corrected chi connectivity index (χ0v) is 10.9. The van der Waals surface area contributed by atoms with E-state index < -0.39 is 22.4 Å². The summed E-state index contributed by atoms with van der Waals surface area (Å²) in [6.45, 7) is 5.76. The molecule has 0 aromatic rings. The summed E-state index contributed by atoms with van der Waals surface area (Å²) in [6, 6.07) is 0. The quantitative estimate of drug-likeness (QED) is 0.686. The Morgan fingerprint density at radius 2 is 1.94 bits per heavy atom. The lowest BCUT2D eigenvalue weighted by atomic mass is 10.0. The second kappa shape index (κ2) is 7.54. The summed E-state index contributed by atoms with van der Waals surface area (Å²) in [6.07, 6.45) is 2.36. The van der Waals surface area contributed by atoms with Crippen LogP contribution in [0.3, 0.4) is 0 Å². The van der Waals surface area contributed by atoms with Crippen LogP contribution < -0.4 is 5.73 Å². The van der Waals surface area contributed by atoms with E-state index in [2.05, 4.69) is 0 Å². The maximum absolute atomic E-state index is 11.1. The van der Waals surface area contributed by atoms with Crippen LogP contribution in [-0.2, 0) is 9.59 Å². The fourth-order valence-electron chi connectivity index (χ4n) is 1.58. The molecule has 0 aliphatic heterocycles. The van der Waals surface area contributed by atoms with Crippen LogP contribution in [0.5, 0.6) is 0 Å². The van der Waals surface area contributed by atoms with Gasteiger partial charge in [-0.1, -0.05) is 27.2 Å². The van der Waals surface area contributed by atoms with Crippen LogP contribution in [0.1, 0.15) is 40.0 Å². The van der Waals surface area contributed by atoms with E-state index in [-0.39, 0.29) is 5.92 Å². The first-order valence-electron chi connectivity index (χ1n) is 5.61. The fourth-order valence-corrected chi connectivity index (χ4v) is 2.79. The third-order valence-electron chi connectivity index (χ3n) is 2.50. The zero-order valence-electron chi connectivity index (χ0n) is 10.1. The Morgan fingerprint density at radius 3 is 2.25 bits per heavy atom. The number of carboxylic acid groups (broad SMARTS) is 1. The normalized spacial score (nSPS) is 16.4. The molecule has 0 saturated heterocycles. The zero-order chi connectivity index (χ0) is 12.7. The lowest BCUT2D eigenvalue weighted by Crippen LogP contribution is -2.32. The number of hydrogen-bond donors (Lipinski definition) is 2. The summed E-state index contributed by atoms with van der Waals surface area (Å²) in [5, 5.41) is 8.18. The summed E-state index contributed by atoms with van der Waals surface area (Å²) in [5.74, 6) is -1.23. The molecule has 1 amide bonds. The van der Waals surface area contributed by atoms with Gasteiger partial charge in [-0.25, -0.2) is 0 Å². The van der Waals surface area contributed by atoms with Gasteiger partial charge in [0.1, 0.15) is 5.25 Å². The molecular weight excluding hydrogens is 226 g/mol. The van der Waals surface area contributed by atoms with Crippen molar-refractivity contribution in [1.82, 2.24) is 0 Å².